The number of fused-ring (bicyclic) bond motifs is 1. The van der Waals surface area contributed by atoms with Crippen LogP contribution in [0.25, 0.3) is 22.2 Å². The molecule has 1 N–H and O–H groups in total. The van der Waals surface area contributed by atoms with E-state index in [9.17, 15) is 4.39 Å². The number of halogens is 1. The maximum Gasteiger partial charge on any atom is 0.136 e. The molecule has 0 unspecified atom stereocenters. The van der Waals surface area contributed by atoms with Gasteiger partial charge in [0.1, 0.15) is 11.6 Å². The van der Waals surface area contributed by atoms with Crippen LogP contribution in [0.1, 0.15) is 5.56 Å². The molecule has 0 radical (unpaired) electrons. The maximum absolute atomic E-state index is 13.1. The highest BCUT2D eigenvalue weighted by atomic mass is 19.1. The van der Waals surface area contributed by atoms with Crippen LogP contribution in [0, 0.1) is 5.82 Å². The number of rotatable bonds is 4. The topological polar surface area (TPSA) is 50.7 Å². The summed E-state index contributed by atoms with van der Waals surface area (Å²) in [5, 5.41) is 4.29. The number of nitrogens with one attached hydrogen (secondary N) is 1. The lowest BCUT2D eigenvalue weighted by molar-refractivity contribution is 0.627. The molecule has 4 nitrogen and oxygen atoms in total. The molecule has 0 aliphatic carbocycles. The van der Waals surface area contributed by atoms with Gasteiger partial charge >= 0.3 is 0 Å². The predicted molar refractivity (Wildman–Crippen MR) is 96.5 cm³/mol. The lowest BCUT2D eigenvalue weighted by Crippen LogP contribution is -2.03. The molecule has 0 amide bonds. The Morgan fingerprint density at radius 1 is 0.920 bits per heavy atom. The first-order valence-corrected chi connectivity index (χ1v) is 7.94. The maximum atomic E-state index is 13.1. The van der Waals surface area contributed by atoms with Gasteiger partial charge in [0.25, 0.3) is 0 Å². The van der Waals surface area contributed by atoms with Crippen LogP contribution in [0.5, 0.6) is 0 Å². The molecule has 5 heteroatoms. The highest BCUT2D eigenvalue weighted by Crippen LogP contribution is 2.26. The Morgan fingerprint density at radius 3 is 2.52 bits per heavy atom. The van der Waals surface area contributed by atoms with E-state index in [4.69, 9.17) is 4.98 Å². The van der Waals surface area contributed by atoms with Crippen molar-refractivity contribution < 1.29 is 4.39 Å². The number of nitrogens with zero attached hydrogens (tertiary/aromatic N) is 3. The minimum absolute atomic E-state index is 0.240. The summed E-state index contributed by atoms with van der Waals surface area (Å²) in [6.45, 7) is 0.553. The SMILES string of the molecule is Fc1ccc(CNc2nc(-c3ccncc3)cc3ncccc23)cc1. The van der Waals surface area contributed by atoms with Crippen LogP contribution in [0.15, 0.2) is 73.2 Å². The van der Waals surface area contributed by atoms with Gasteiger partial charge in [0.05, 0.1) is 11.2 Å². The molecular weight excluding hydrogens is 315 g/mol. The lowest BCUT2D eigenvalue weighted by atomic mass is 10.1. The first-order chi connectivity index (χ1) is 12.3. The zero-order valence-electron chi connectivity index (χ0n) is 13.4. The van der Waals surface area contributed by atoms with Crippen LogP contribution in [-0.2, 0) is 6.54 Å². The molecule has 3 aromatic heterocycles. The van der Waals surface area contributed by atoms with Crippen LogP contribution in [0.3, 0.4) is 0 Å². The number of pyridine rings is 3. The smallest absolute Gasteiger partial charge is 0.136 e. The minimum Gasteiger partial charge on any atom is -0.365 e. The van der Waals surface area contributed by atoms with Gasteiger partial charge in [-0.25, -0.2) is 9.37 Å². The van der Waals surface area contributed by atoms with Gasteiger partial charge in [-0.2, -0.15) is 0 Å². The summed E-state index contributed by atoms with van der Waals surface area (Å²) in [5.41, 5.74) is 3.66. The Labute approximate surface area is 144 Å². The van der Waals surface area contributed by atoms with Crippen molar-refractivity contribution in [2.75, 3.05) is 5.32 Å². The fourth-order valence-electron chi connectivity index (χ4n) is 2.67. The molecule has 122 valence electrons. The molecule has 25 heavy (non-hydrogen) atoms. The van der Waals surface area contributed by atoms with E-state index in [-0.39, 0.29) is 5.82 Å². The Balaban J connectivity index is 1.72. The predicted octanol–water partition coefficient (Wildman–Crippen LogP) is 4.44. The molecule has 0 aliphatic heterocycles. The molecule has 0 spiro atoms. The molecular formula is C20H15FN4. The average molecular weight is 330 g/mol. The molecule has 0 aliphatic rings. The second-order valence-electron chi connectivity index (χ2n) is 5.64. The van der Waals surface area contributed by atoms with Crippen molar-refractivity contribution >= 4 is 16.7 Å². The quantitative estimate of drug-likeness (QED) is 0.601. The molecule has 4 aromatic rings. The second kappa shape index (κ2) is 6.65. The molecule has 1 aromatic carbocycles. The fraction of sp³-hybridized carbons (Fsp3) is 0.0500. The molecule has 0 bridgehead atoms. The van der Waals surface area contributed by atoms with Gasteiger partial charge in [-0.05, 0) is 48.0 Å². The van der Waals surface area contributed by atoms with E-state index in [1.807, 2.05) is 30.3 Å². The number of aromatic nitrogens is 3. The first kappa shape index (κ1) is 15.2. The standard InChI is InChI=1S/C20H15FN4/c21-16-5-3-14(4-6-16)13-24-20-17-2-1-9-23-19(17)12-18(25-20)15-7-10-22-11-8-15/h1-12H,13H2,(H,24,25). The van der Waals surface area contributed by atoms with Gasteiger partial charge in [-0.3, -0.25) is 9.97 Å². The van der Waals surface area contributed by atoms with Crippen LogP contribution in [0.2, 0.25) is 0 Å². The Bertz CT molecular complexity index is 1000. The normalized spacial score (nSPS) is 10.8. The first-order valence-electron chi connectivity index (χ1n) is 7.94. The van der Waals surface area contributed by atoms with Crippen molar-refractivity contribution in [2.24, 2.45) is 0 Å². The van der Waals surface area contributed by atoms with E-state index < -0.39 is 0 Å². The van der Waals surface area contributed by atoms with E-state index >= 15 is 0 Å². The van der Waals surface area contributed by atoms with Gasteiger partial charge < -0.3 is 5.32 Å². The summed E-state index contributed by atoms with van der Waals surface area (Å²) in [4.78, 5) is 13.2. The van der Waals surface area contributed by atoms with Crippen molar-refractivity contribution in [3.63, 3.8) is 0 Å². The van der Waals surface area contributed by atoms with Crippen molar-refractivity contribution in [1.29, 1.82) is 0 Å². The van der Waals surface area contributed by atoms with E-state index in [1.54, 1.807) is 30.7 Å². The molecule has 0 saturated carbocycles. The van der Waals surface area contributed by atoms with Crippen molar-refractivity contribution in [3.8, 4) is 11.3 Å². The third-order valence-corrected chi connectivity index (χ3v) is 3.95. The average Bonchev–Trinajstić information content (AvgIpc) is 2.68. The van der Waals surface area contributed by atoms with Crippen molar-refractivity contribution in [1.82, 2.24) is 15.0 Å². The molecule has 4 rings (SSSR count). The van der Waals surface area contributed by atoms with Gasteiger partial charge in [-0.1, -0.05) is 12.1 Å². The number of hydrogen-bond acceptors (Lipinski definition) is 4. The summed E-state index contributed by atoms with van der Waals surface area (Å²) in [5.74, 6) is 0.512. The summed E-state index contributed by atoms with van der Waals surface area (Å²) in [6.07, 6.45) is 5.25. The van der Waals surface area contributed by atoms with Crippen molar-refractivity contribution in [2.45, 2.75) is 6.54 Å². The van der Waals surface area contributed by atoms with Crippen LogP contribution < -0.4 is 5.32 Å². The lowest BCUT2D eigenvalue weighted by Gasteiger charge is -2.11. The van der Waals surface area contributed by atoms with Gasteiger partial charge in [-0.15, -0.1) is 0 Å². The van der Waals surface area contributed by atoms with Crippen LogP contribution in [0.4, 0.5) is 10.2 Å². The molecule has 3 heterocycles. The summed E-state index contributed by atoms with van der Waals surface area (Å²) in [6, 6.07) is 16.1. The van der Waals surface area contributed by atoms with E-state index in [0.717, 1.165) is 33.5 Å². The number of hydrogen-bond donors (Lipinski definition) is 1. The summed E-state index contributed by atoms with van der Waals surface area (Å²) >= 11 is 0. The van der Waals surface area contributed by atoms with Gasteiger partial charge in [0.2, 0.25) is 0 Å². The minimum atomic E-state index is -0.240. The monoisotopic (exact) mass is 330 g/mol. The van der Waals surface area contributed by atoms with E-state index in [0.29, 0.717) is 6.54 Å². The fourth-order valence-corrected chi connectivity index (χ4v) is 2.67. The Morgan fingerprint density at radius 2 is 1.72 bits per heavy atom. The van der Waals surface area contributed by atoms with E-state index in [2.05, 4.69) is 15.3 Å². The number of anilines is 1. The Hall–Kier alpha value is -3.34. The largest absolute Gasteiger partial charge is 0.365 e. The second-order valence-corrected chi connectivity index (χ2v) is 5.64. The zero-order chi connectivity index (χ0) is 17.1. The third kappa shape index (κ3) is 3.30. The Kier molecular flexibility index (Phi) is 4.04. The van der Waals surface area contributed by atoms with Crippen LogP contribution >= 0.6 is 0 Å². The van der Waals surface area contributed by atoms with Crippen molar-refractivity contribution in [3.05, 3.63) is 84.6 Å². The highest BCUT2D eigenvalue weighted by molar-refractivity contribution is 5.91. The highest BCUT2D eigenvalue weighted by Gasteiger charge is 2.08. The van der Waals surface area contributed by atoms with Gasteiger partial charge in [0, 0.05) is 36.1 Å². The summed E-state index contributed by atoms with van der Waals surface area (Å²) < 4.78 is 13.1. The van der Waals surface area contributed by atoms with E-state index in [1.165, 1.54) is 12.1 Å². The third-order valence-electron chi connectivity index (χ3n) is 3.95. The van der Waals surface area contributed by atoms with Gasteiger partial charge in [0.15, 0.2) is 0 Å². The molecule has 0 fully saturated rings. The molecule has 0 saturated heterocycles. The van der Waals surface area contributed by atoms with Crippen LogP contribution in [-0.4, -0.2) is 15.0 Å². The molecule has 0 atom stereocenters. The zero-order valence-corrected chi connectivity index (χ0v) is 13.4. The summed E-state index contributed by atoms with van der Waals surface area (Å²) in [7, 11) is 0. The number of benzene rings is 1.